The van der Waals surface area contributed by atoms with Gasteiger partial charge in [-0.15, -0.1) is 0 Å². The van der Waals surface area contributed by atoms with Gasteiger partial charge in [0.1, 0.15) is 0 Å². The van der Waals surface area contributed by atoms with E-state index in [1.54, 1.807) is 11.9 Å². The zero-order valence-corrected chi connectivity index (χ0v) is 14.4. The number of ether oxygens (including phenoxy) is 2. The summed E-state index contributed by atoms with van der Waals surface area (Å²) in [5.74, 6) is 1.37. The van der Waals surface area contributed by atoms with Crippen molar-refractivity contribution in [1.82, 2.24) is 4.90 Å². The number of hydrogen-bond donors (Lipinski definition) is 0. The first kappa shape index (κ1) is 17.3. The van der Waals surface area contributed by atoms with E-state index in [0.29, 0.717) is 23.0 Å². The normalized spacial score (nSPS) is 22.2. The van der Waals surface area contributed by atoms with E-state index in [-0.39, 0.29) is 24.4 Å². The maximum absolute atomic E-state index is 12.4. The molecule has 1 fully saturated rings. The first-order valence-electron chi connectivity index (χ1n) is 8.48. The Balaban J connectivity index is 1.75. The van der Waals surface area contributed by atoms with Crippen molar-refractivity contribution in [3.05, 3.63) is 33.9 Å². The molecule has 0 atom stereocenters. The fraction of sp³-hybridized carbons (Fsp3) is 0.500. The van der Waals surface area contributed by atoms with Crippen LogP contribution in [0.25, 0.3) is 6.08 Å². The fourth-order valence-corrected chi connectivity index (χ4v) is 3.33. The lowest BCUT2D eigenvalue weighted by Crippen LogP contribution is -2.38. The first-order valence-corrected chi connectivity index (χ1v) is 8.48. The van der Waals surface area contributed by atoms with Crippen molar-refractivity contribution in [2.75, 3.05) is 13.8 Å². The molecule has 0 bridgehead atoms. The summed E-state index contributed by atoms with van der Waals surface area (Å²) in [6.45, 7) is 2.28. The zero-order valence-electron chi connectivity index (χ0n) is 14.4. The minimum atomic E-state index is -0.488. The van der Waals surface area contributed by atoms with Gasteiger partial charge in [0.15, 0.2) is 11.5 Å². The second-order valence-corrected chi connectivity index (χ2v) is 6.72. The highest BCUT2D eigenvalue weighted by atomic mass is 16.7. The van der Waals surface area contributed by atoms with Crippen molar-refractivity contribution < 1.29 is 19.2 Å². The molecule has 1 aromatic rings. The molecule has 0 saturated heterocycles. The molecule has 0 N–H and O–H groups in total. The third kappa shape index (κ3) is 3.75. The zero-order chi connectivity index (χ0) is 18.0. The second-order valence-electron chi connectivity index (χ2n) is 6.72. The maximum Gasteiger partial charge on any atom is 0.280 e. The predicted molar refractivity (Wildman–Crippen MR) is 92.4 cm³/mol. The molecule has 1 heterocycles. The molecule has 25 heavy (non-hydrogen) atoms. The number of nitro benzene ring substituents is 1. The summed E-state index contributed by atoms with van der Waals surface area (Å²) in [6.07, 6.45) is 7.12. The molecule has 7 heteroatoms. The average Bonchev–Trinajstić information content (AvgIpc) is 3.06. The Morgan fingerprint density at radius 3 is 2.52 bits per heavy atom. The van der Waals surface area contributed by atoms with Gasteiger partial charge in [-0.1, -0.05) is 6.92 Å². The van der Waals surface area contributed by atoms with E-state index in [4.69, 9.17) is 9.47 Å². The van der Waals surface area contributed by atoms with Crippen LogP contribution in [0.4, 0.5) is 5.69 Å². The lowest BCUT2D eigenvalue weighted by Gasteiger charge is -2.33. The summed E-state index contributed by atoms with van der Waals surface area (Å²) in [6, 6.07) is 3.10. The van der Waals surface area contributed by atoms with Crippen LogP contribution in [0.1, 0.15) is 38.2 Å². The minimum Gasteiger partial charge on any atom is -0.454 e. The predicted octanol–water partition coefficient (Wildman–Crippen LogP) is 3.37. The molecular weight excluding hydrogens is 324 g/mol. The van der Waals surface area contributed by atoms with Crippen molar-refractivity contribution in [3.63, 3.8) is 0 Å². The topological polar surface area (TPSA) is 81.9 Å². The van der Waals surface area contributed by atoms with E-state index < -0.39 is 4.92 Å². The quantitative estimate of drug-likeness (QED) is 0.474. The molecule has 0 spiro atoms. The molecule has 1 aromatic carbocycles. The second kappa shape index (κ2) is 7.13. The summed E-state index contributed by atoms with van der Waals surface area (Å²) < 4.78 is 10.4. The van der Waals surface area contributed by atoms with Crippen LogP contribution < -0.4 is 9.47 Å². The van der Waals surface area contributed by atoms with Crippen LogP contribution in [0.15, 0.2) is 18.2 Å². The van der Waals surface area contributed by atoms with Crippen molar-refractivity contribution in [2.45, 2.75) is 38.6 Å². The van der Waals surface area contributed by atoms with E-state index in [2.05, 4.69) is 6.92 Å². The van der Waals surface area contributed by atoms with Gasteiger partial charge < -0.3 is 14.4 Å². The molecule has 1 amide bonds. The third-order valence-corrected chi connectivity index (χ3v) is 5.00. The Kier molecular flexibility index (Phi) is 4.92. The van der Waals surface area contributed by atoms with Crippen LogP contribution in [0.2, 0.25) is 0 Å². The Labute approximate surface area is 146 Å². The first-order chi connectivity index (χ1) is 12.0. The number of amides is 1. The van der Waals surface area contributed by atoms with Gasteiger partial charge in [0.05, 0.1) is 16.6 Å². The van der Waals surface area contributed by atoms with Gasteiger partial charge in [-0.25, -0.2) is 0 Å². The SMILES string of the molecule is CC1CCC(N(C)C(=O)/C=C/c2cc3c(cc2[N+](=O)[O-])OCO3)CC1. The van der Waals surface area contributed by atoms with Crippen LogP contribution in [0.3, 0.4) is 0 Å². The standard InChI is InChI=1S/C18H22N2O5/c1-12-3-6-14(7-4-12)19(2)18(21)8-5-13-9-16-17(25-11-24-16)10-15(13)20(22)23/h5,8-10,12,14H,3-4,6-7,11H2,1-2H3/b8-5+. The van der Waals surface area contributed by atoms with E-state index in [1.165, 1.54) is 24.3 Å². The Morgan fingerprint density at radius 1 is 1.24 bits per heavy atom. The molecule has 0 aromatic heterocycles. The number of carbonyl (C=O) groups excluding carboxylic acids is 1. The molecule has 1 aliphatic carbocycles. The average molecular weight is 346 g/mol. The molecule has 1 aliphatic heterocycles. The minimum absolute atomic E-state index is 0.0431. The van der Waals surface area contributed by atoms with Crippen LogP contribution in [0, 0.1) is 16.0 Å². The highest BCUT2D eigenvalue weighted by Gasteiger charge is 2.25. The van der Waals surface area contributed by atoms with Gasteiger partial charge in [-0.05, 0) is 43.7 Å². The number of benzene rings is 1. The number of nitro groups is 1. The van der Waals surface area contributed by atoms with Gasteiger partial charge in [-0.3, -0.25) is 14.9 Å². The van der Waals surface area contributed by atoms with Crippen LogP contribution in [-0.4, -0.2) is 35.6 Å². The third-order valence-electron chi connectivity index (χ3n) is 5.00. The van der Waals surface area contributed by atoms with Crippen molar-refractivity contribution in [1.29, 1.82) is 0 Å². The van der Waals surface area contributed by atoms with E-state index >= 15 is 0 Å². The van der Waals surface area contributed by atoms with E-state index in [0.717, 1.165) is 25.7 Å². The Bertz CT molecular complexity index is 708. The Hall–Kier alpha value is -2.57. The van der Waals surface area contributed by atoms with Gasteiger partial charge in [0.2, 0.25) is 12.7 Å². The van der Waals surface area contributed by atoms with Crippen molar-refractivity contribution >= 4 is 17.7 Å². The molecule has 7 nitrogen and oxygen atoms in total. The number of carbonyl (C=O) groups is 1. The number of hydrogen-bond acceptors (Lipinski definition) is 5. The lowest BCUT2D eigenvalue weighted by atomic mass is 9.87. The monoisotopic (exact) mass is 346 g/mol. The fourth-order valence-electron chi connectivity index (χ4n) is 3.33. The van der Waals surface area contributed by atoms with Crippen LogP contribution >= 0.6 is 0 Å². The van der Waals surface area contributed by atoms with E-state index in [1.807, 2.05) is 0 Å². The van der Waals surface area contributed by atoms with Gasteiger partial charge >= 0.3 is 0 Å². The summed E-state index contributed by atoms with van der Waals surface area (Å²) in [5.41, 5.74) is 0.218. The summed E-state index contributed by atoms with van der Waals surface area (Å²) >= 11 is 0. The Morgan fingerprint density at radius 2 is 1.88 bits per heavy atom. The van der Waals surface area contributed by atoms with Crippen LogP contribution in [-0.2, 0) is 4.79 Å². The molecule has 3 rings (SSSR count). The molecule has 0 unspecified atom stereocenters. The summed E-state index contributed by atoms with van der Waals surface area (Å²) in [4.78, 5) is 24.9. The maximum atomic E-state index is 12.4. The molecule has 134 valence electrons. The van der Waals surface area contributed by atoms with E-state index in [9.17, 15) is 14.9 Å². The summed E-state index contributed by atoms with van der Waals surface area (Å²) in [5, 5.41) is 11.3. The largest absolute Gasteiger partial charge is 0.454 e. The molecular formula is C18H22N2O5. The van der Waals surface area contributed by atoms with Gasteiger partial charge in [-0.2, -0.15) is 0 Å². The molecule has 0 radical (unpaired) electrons. The molecule has 1 saturated carbocycles. The van der Waals surface area contributed by atoms with Gasteiger partial charge in [0, 0.05) is 19.2 Å². The number of fused-ring (bicyclic) bond motifs is 1. The number of nitrogens with zero attached hydrogens (tertiary/aromatic N) is 2. The van der Waals surface area contributed by atoms with Crippen molar-refractivity contribution in [2.24, 2.45) is 5.92 Å². The smallest absolute Gasteiger partial charge is 0.280 e. The molecule has 2 aliphatic rings. The van der Waals surface area contributed by atoms with Gasteiger partial charge in [0.25, 0.3) is 5.69 Å². The highest BCUT2D eigenvalue weighted by molar-refractivity contribution is 5.92. The number of rotatable bonds is 4. The van der Waals surface area contributed by atoms with Crippen molar-refractivity contribution in [3.8, 4) is 11.5 Å². The highest BCUT2D eigenvalue weighted by Crippen LogP contribution is 2.38. The number of likely N-dealkylation sites (N-methyl/N-ethyl adjacent to an activating group) is 1. The van der Waals surface area contributed by atoms with Crippen LogP contribution in [0.5, 0.6) is 11.5 Å². The summed E-state index contributed by atoms with van der Waals surface area (Å²) in [7, 11) is 1.79. The lowest BCUT2D eigenvalue weighted by molar-refractivity contribution is -0.385.